The van der Waals surface area contributed by atoms with E-state index >= 15 is 0 Å². The lowest BCUT2D eigenvalue weighted by Gasteiger charge is -2.38. The van der Waals surface area contributed by atoms with E-state index in [1.807, 2.05) is 6.07 Å². The third-order valence-corrected chi connectivity index (χ3v) is 5.01. The summed E-state index contributed by atoms with van der Waals surface area (Å²) < 4.78 is 0. The Balaban J connectivity index is 2.43. The van der Waals surface area contributed by atoms with Gasteiger partial charge >= 0.3 is 0 Å². The van der Waals surface area contributed by atoms with Crippen LogP contribution in [-0.4, -0.2) is 25.1 Å². The molecule has 0 saturated heterocycles. The summed E-state index contributed by atoms with van der Waals surface area (Å²) in [7, 11) is 3.24. The zero-order valence-corrected chi connectivity index (χ0v) is 15.5. The molecule has 0 fully saturated rings. The van der Waals surface area contributed by atoms with Crippen LogP contribution in [0.25, 0.3) is 0 Å². The van der Waals surface area contributed by atoms with Crippen molar-refractivity contribution in [2.24, 2.45) is 11.8 Å². The van der Waals surface area contributed by atoms with Crippen LogP contribution in [0.5, 0.6) is 0 Å². The standard InChI is InChI=1S/C21H29NO2/c1-15(2)11-13-18-16(3)12-14-19(21(23)22(4)24-5)20(18)17-9-7-6-8-10-17/h6-12,18-20H,13-14H2,1-5H3/t18-,19-,20-/m1/s1. The second kappa shape index (κ2) is 8.29. The number of benzene rings is 1. The Labute approximate surface area is 146 Å². The van der Waals surface area contributed by atoms with Gasteiger partial charge in [-0.05, 0) is 45.1 Å². The van der Waals surface area contributed by atoms with Crippen molar-refractivity contribution >= 4 is 5.91 Å². The zero-order valence-electron chi connectivity index (χ0n) is 15.5. The molecule has 0 heterocycles. The van der Waals surface area contributed by atoms with Gasteiger partial charge in [0.2, 0.25) is 5.91 Å². The summed E-state index contributed by atoms with van der Waals surface area (Å²) in [6.45, 7) is 6.45. The molecule has 0 radical (unpaired) electrons. The Morgan fingerprint density at radius 3 is 2.54 bits per heavy atom. The molecule has 0 spiro atoms. The van der Waals surface area contributed by atoms with Gasteiger partial charge in [-0.2, -0.15) is 0 Å². The van der Waals surface area contributed by atoms with E-state index in [0.29, 0.717) is 5.92 Å². The Morgan fingerprint density at radius 1 is 1.29 bits per heavy atom. The van der Waals surface area contributed by atoms with E-state index in [1.165, 1.54) is 21.8 Å². The summed E-state index contributed by atoms with van der Waals surface area (Å²) in [4.78, 5) is 18.0. The van der Waals surface area contributed by atoms with Crippen LogP contribution in [0.2, 0.25) is 0 Å². The smallest absolute Gasteiger partial charge is 0.249 e. The van der Waals surface area contributed by atoms with Gasteiger partial charge in [0.1, 0.15) is 0 Å². The fourth-order valence-electron chi connectivity index (χ4n) is 3.59. The van der Waals surface area contributed by atoms with E-state index in [0.717, 1.165) is 12.8 Å². The second-order valence-electron chi connectivity index (χ2n) is 6.87. The monoisotopic (exact) mass is 327 g/mol. The first kappa shape index (κ1) is 18.5. The van der Waals surface area contributed by atoms with Crippen LogP contribution in [0.1, 0.15) is 45.1 Å². The average molecular weight is 327 g/mol. The lowest BCUT2D eigenvalue weighted by atomic mass is 9.67. The third-order valence-electron chi connectivity index (χ3n) is 5.01. The quantitative estimate of drug-likeness (QED) is 0.578. The number of carbonyl (C=O) groups excluding carboxylic acids is 1. The van der Waals surface area contributed by atoms with Crippen molar-refractivity contribution in [2.75, 3.05) is 14.2 Å². The molecule has 130 valence electrons. The van der Waals surface area contributed by atoms with Gasteiger partial charge in [0.15, 0.2) is 0 Å². The number of amides is 1. The van der Waals surface area contributed by atoms with Crippen LogP contribution in [-0.2, 0) is 9.63 Å². The number of hydrogen-bond acceptors (Lipinski definition) is 2. The number of allylic oxidation sites excluding steroid dienone is 4. The predicted octanol–water partition coefficient (Wildman–Crippen LogP) is 4.73. The first-order valence-corrected chi connectivity index (χ1v) is 8.62. The van der Waals surface area contributed by atoms with E-state index < -0.39 is 0 Å². The van der Waals surface area contributed by atoms with Gasteiger partial charge in [0.25, 0.3) is 0 Å². The fourth-order valence-corrected chi connectivity index (χ4v) is 3.59. The lowest BCUT2D eigenvalue weighted by Crippen LogP contribution is -2.39. The topological polar surface area (TPSA) is 29.5 Å². The molecule has 3 atom stereocenters. The van der Waals surface area contributed by atoms with Gasteiger partial charge in [-0.1, -0.05) is 53.6 Å². The Hall–Kier alpha value is -1.87. The fraction of sp³-hybridized carbons (Fsp3) is 0.476. The molecule has 1 aliphatic carbocycles. The highest BCUT2D eigenvalue weighted by Gasteiger charge is 2.39. The van der Waals surface area contributed by atoms with Gasteiger partial charge in [-0.25, -0.2) is 5.06 Å². The molecule has 1 aromatic carbocycles. The summed E-state index contributed by atoms with van der Waals surface area (Å²) in [5.41, 5.74) is 3.93. The Kier molecular flexibility index (Phi) is 6.38. The van der Waals surface area contributed by atoms with E-state index in [9.17, 15) is 4.79 Å². The van der Waals surface area contributed by atoms with Crippen molar-refractivity contribution in [3.05, 3.63) is 59.2 Å². The van der Waals surface area contributed by atoms with Crippen LogP contribution in [0.15, 0.2) is 53.6 Å². The maximum Gasteiger partial charge on any atom is 0.249 e. The van der Waals surface area contributed by atoms with Crippen LogP contribution < -0.4 is 0 Å². The Morgan fingerprint density at radius 2 is 1.96 bits per heavy atom. The first-order valence-electron chi connectivity index (χ1n) is 8.62. The number of hydroxylamine groups is 2. The van der Waals surface area contributed by atoms with E-state index in [4.69, 9.17) is 4.84 Å². The number of carbonyl (C=O) groups is 1. The number of rotatable bonds is 5. The molecule has 1 aromatic rings. The summed E-state index contributed by atoms with van der Waals surface area (Å²) in [6.07, 6.45) is 6.24. The van der Waals surface area contributed by atoms with Crippen molar-refractivity contribution in [1.29, 1.82) is 0 Å². The van der Waals surface area contributed by atoms with E-state index in [1.54, 1.807) is 14.2 Å². The number of nitrogens with zero attached hydrogens (tertiary/aromatic N) is 1. The average Bonchev–Trinajstić information content (AvgIpc) is 2.59. The molecule has 0 unspecified atom stereocenters. The lowest BCUT2D eigenvalue weighted by molar-refractivity contribution is -0.174. The van der Waals surface area contributed by atoms with Crippen LogP contribution in [0.4, 0.5) is 0 Å². The summed E-state index contributed by atoms with van der Waals surface area (Å²) in [6, 6.07) is 10.4. The molecule has 3 heteroatoms. The minimum Gasteiger partial charge on any atom is -0.275 e. The SMILES string of the molecule is CON(C)C(=O)[C@@H]1CC=C(C)[C@@H](CC=C(C)C)[C@H]1c1ccccc1. The molecule has 0 aliphatic heterocycles. The first-order chi connectivity index (χ1) is 11.5. The predicted molar refractivity (Wildman–Crippen MR) is 98.4 cm³/mol. The summed E-state index contributed by atoms with van der Waals surface area (Å²) in [5.74, 6) is 0.487. The maximum absolute atomic E-state index is 12.9. The van der Waals surface area contributed by atoms with Gasteiger partial charge in [-0.15, -0.1) is 0 Å². The Bertz CT molecular complexity index is 614. The van der Waals surface area contributed by atoms with E-state index in [2.05, 4.69) is 57.2 Å². The molecule has 2 rings (SSSR count). The molecule has 0 bridgehead atoms. The van der Waals surface area contributed by atoms with Gasteiger partial charge < -0.3 is 0 Å². The van der Waals surface area contributed by atoms with Crippen LogP contribution in [0.3, 0.4) is 0 Å². The molecular formula is C21H29NO2. The minimum absolute atomic E-state index is 0.0531. The van der Waals surface area contributed by atoms with Crippen molar-refractivity contribution < 1.29 is 9.63 Å². The molecule has 1 aliphatic rings. The van der Waals surface area contributed by atoms with Crippen LogP contribution in [0, 0.1) is 11.8 Å². The highest BCUT2D eigenvalue weighted by Crippen LogP contribution is 2.44. The highest BCUT2D eigenvalue weighted by molar-refractivity contribution is 5.79. The molecule has 3 nitrogen and oxygen atoms in total. The van der Waals surface area contributed by atoms with Crippen LogP contribution >= 0.6 is 0 Å². The highest BCUT2D eigenvalue weighted by atomic mass is 16.7. The minimum atomic E-state index is -0.0865. The van der Waals surface area contributed by atoms with Crippen molar-refractivity contribution in [3.63, 3.8) is 0 Å². The van der Waals surface area contributed by atoms with Gasteiger partial charge in [-0.3, -0.25) is 9.63 Å². The molecule has 1 amide bonds. The van der Waals surface area contributed by atoms with Crippen molar-refractivity contribution in [1.82, 2.24) is 5.06 Å². The molecular weight excluding hydrogens is 298 g/mol. The van der Waals surface area contributed by atoms with Crippen molar-refractivity contribution in [3.8, 4) is 0 Å². The molecule has 24 heavy (non-hydrogen) atoms. The molecule has 0 N–H and O–H groups in total. The normalized spacial score (nSPS) is 23.4. The van der Waals surface area contributed by atoms with Crippen molar-refractivity contribution in [2.45, 2.75) is 39.5 Å². The summed E-state index contributed by atoms with van der Waals surface area (Å²) in [5, 5.41) is 1.37. The molecule has 0 aromatic heterocycles. The largest absolute Gasteiger partial charge is 0.275 e. The zero-order chi connectivity index (χ0) is 17.7. The second-order valence-corrected chi connectivity index (χ2v) is 6.87. The number of hydrogen-bond donors (Lipinski definition) is 0. The van der Waals surface area contributed by atoms with Gasteiger partial charge in [0, 0.05) is 13.0 Å². The molecule has 0 saturated carbocycles. The van der Waals surface area contributed by atoms with Gasteiger partial charge in [0.05, 0.1) is 13.0 Å². The van der Waals surface area contributed by atoms with E-state index in [-0.39, 0.29) is 17.7 Å². The third kappa shape index (κ3) is 4.15. The summed E-state index contributed by atoms with van der Waals surface area (Å²) >= 11 is 0. The maximum atomic E-state index is 12.9.